The second-order valence-electron chi connectivity index (χ2n) is 8.44. The average molecular weight is 310 g/mol. The number of piperidine rings is 1. The zero-order valence-corrected chi connectivity index (χ0v) is 15.2. The first-order chi connectivity index (χ1) is 9.73. The number of hydrogen-bond acceptors (Lipinski definition) is 4. The summed E-state index contributed by atoms with van der Waals surface area (Å²) in [5.41, 5.74) is -0.692. The van der Waals surface area contributed by atoms with Crippen LogP contribution < -0.4 is 0 Å². The molecule has 1 amide bonds. The van der Waals surface area contributed by atoms with E-state index in [1.807, 2.05) is 30.9 Å². The third kappa shape index (κ3) is 2.70. The van der Waals surface area contributed by atoms with Gasteiger partial charge in [0.1, 0.15) is 0 Å². The molecule has 0 atom stereocenters. The first kappa shape index (κ1) is 17.4. The Balaban J connectivity index is 2.43. The normalized spacial score (nSPS) is 28.8. The Morgan fingerprint density at radius 2 is 1.50 bits per heavy atom. The maximum atomic E-state index is 12.7. The van der Waals surface area contributed by atoms with Gasteiger partial charge in [0, 0.05) is 36.5 Å². The van der Waals surface area contributed by atoms with E-state index in [9.17, 15) is 4.79 Å². The molecule has 5 nitrogen and oxygen atoms in total. The van der Waals surface area contributed by atoms with Crippen LogP contribution in [0.3, 0.4) is 0 Å². The van der Waals surface area contributed by atoms with Crippen LogP contribution in [-0.4, -0.2) is 45.5 Å². The Labute approximate surface area is 134 Å². The van der Waals surface area contributed by atoms with Crippen LogP contribution in [0, 0.1) is 0 Å². The Kier molecular flexibility index (Phi) is 3.80. The first-order valence-corrected chi connectivity index (χ1v) is 7.86. The summed E-state index contributed by atoms with van der Waals surface area (Å²) in [6, 6.07) is 0. The van der Waals surface area contributed by atoms with E-state index in [0.29, 0.717) is 18.4 Å². The standard InChI is InChI=1S/C17H30N2O3/c1-12(2)13(20)19-14(3,4)10-17(11-15(19,5)6)18(9)22-16(7,8)21-17/h1,10-11H2,2-9H3. The molecule has 0 aromatic carbocycles. The molecule has 0 radical (unpaired) electrons. The topological polar surface area (TPSA) is 42.0 Å². The Hall–Kier alpha value is -0.910. The first-order valence-electron chi connectivity index (χ1n) is 7.86. The van der Waals surface area contributed by atoms with Crippen molar-refractivity contribution in [2.75, 3.05) is 7.05 Å². The molecule has 0 aromatic heterocycles. The largest absolute Gasteiger partial charge is 0.328 e. The van der Waals surface area contributed by atoms with Gasteiger partial charge in [-0.3, -0.25) is 9.63 Å². The smallest absolute Gasteiger partial charge is 0.249 e. The highest BCUT2D eigenvalue weighted by Crippen LogP contribution is 2.51. The van der Waals surface area contributed by atoms with Gasteiger partial charge in [-0.25, -0.2) is 0 Å². The molecule has 126 valence electrons. The Morgan fingerprint density at radius 1 is 1.05 bits per heavy atom. The van der Waals surface area contributed by atoms with Crippen molar-refractivity contribution in [3.8, 4) is 0 Å². The molecule has 0 bridgehead atoms. The van der Waals surface area contributed by atoms with E-state index in [-0.39, 0.29) is 17.0 Å². The summed E-state index contributed by atoms with van der Waals surface area (Å²) in [5, 5.41) is 1.83. The zero-order chi connectivity index (χ0) is 17.1. The van der Waals surface area contributed by atoms with Gasteiger partial charge in [-0.1, -0.05) is 6.58 Å². The van der Waals surface area contributed by atoms with Crippen LogP contribution in [0.2, 0.25) is 0 Å². The summed E-state index contributed by atoms with van der Waals surface area (Å²) < 4.78 is 6.29. The van der Waals surface area contributed by atoms with Crippen LogP contribution in [0.15, 0.2) is 12.2 Å². The Morgan fingerprint density at radius 3 is 1.82 bits per heavy atom. The molecular weight excluding hydrogens is 280 g/mol. The van der Waals surface area contributed by atoms with Gasteiger partial charge in [0.25, 0.3) is 0 Å². The van der Waals surface area contributed by atoms with Crippen LogP contribution in [-0.2, 0) is 14.4 Å². The van der Waals surface area contributed by atoms with Gasteiger partial charge in [-0.05, 0) is 48.5 Å². The molecule has 2 rings (SSSR count). The monoisotopic (exact) mass is 310 g/mol. The minimum atomic E-state index is -0.651. The summed E-state index contributed by atoms with van der Waals surface area (Å²) in [6.45, 7) is 17.8. The highest BCUT2D eigenvalue weighted by molar-refractivity contribution is 5.93. The van der Waals surface area contributed by atoms with Gasteiger partial charge in [-0.15, -0.1) is 0 Å². The Bertz CT molecular complexity index is 490. The van der Waals surface area contributed by atoms with E-state index in [1.54, 1.807) is 6.92 Å². The van der Waals surface area contributed by atoms with Crippen LogP contribution in [0.4, 0.5) is 0 Å². The summed E-state index contributed by atoms with van der Waals surface area (Å²) in [5.74, 6) is -0.646. The van der Waals surface area contributed by atoms with Crippen LogP contribution in [0.5, 0.6) is 0 Å². The maximum absolute atomic E-state index is 12.7. The molecular formula is C17H30N2O3. The second-order valence-corrected chi connectivity index (χ2v) is 8.44. The maximum Gasteiger partial charge on any atom is 0.249 e. The molecule has 0 unspecified atom stereocenters. The predicted octanol–water partition coefficient (Wildman–Crippen LogP) is 3.07. The van der Waals surface area contributed by atoms with Crippen molar-refractivity contribution in [2.45, 2.75) is 83.9 Å². The molecule has 2 saturated heterocycles. The molecule has 0 aliphatic carbocycles. The van der Waals surface area contributed by atoms with Gasteiger partial charge >= 0.3 is 0 Å². The van der Waals surface area contributed by atoms with Crippen LogP contribution in [0.25, 0.3) is 0 Å². The zero-order valence-electron chi connectivity index (χ0n) is 15.2. The minimum Gasteiger partial charge on any atom is -0.328 e. The fourth-order valence-electron chi connectivity index (χ4n) is 4.38. The number of ether oxygens (including phenoxy) is 1. The number of amides is 1. The lowest BCUT2D eigenvalue weighted by molar-refractivity contribution is -0.221. The van der Waals surface area contributed by atoms with Crippen LogP contribution >= 0.6 is 0 Å². The number of carbonyl (C=O) groups is 1. The van der Waals surface area contributed by atoms with Gasteiger partial charge in [0.15, 0.2) is 11.5 Å². The number of carbonyl (C=O) groups excluding carboxylic acids is 1. The molecule has 2 fully saturated rings. The number of rotatable bonds is 1. The van der Waals surface area contributed by atoms with E-state index in [2.05, 4.69) is 34.3 Å². The molecule has 0 aromatic rings. The van der Waals surface area contributed by atoms with Crippen molar-refractivity contribution in [2.24, 2.45) is 0 Å². The van der Waals surface area contributed by atoms with Crippen molar-refractivity contribution in [1.82, 2.24) is 9.96 Å². The molecule has 1 spiro atoms. The van der Waals surface area contributed by atoms with Crippen molar-refractivity contribution in [1.29, 1.82) is 0 Å². The van der Waals surface area contributed by atoms with Crippen molar-refractivity contribution in [3.63, 3.8) is 0 Å². The van der Waals surface area contributed by atoms with E-state index >= 15 is 0 Å². The molecule has 0 saturated carbocycles. The van der Waals surface area contributed by atoms with Crippen molar-refractivity contribution >= 4 is 5.91 Å². The third-order valence-electron chi connectivity index (χ3n) is 4.56. The summed E-state index contributed by atoms with van der Waals surface area (Å²) in [7, 11) is 1.91. The average Bonchev–Trinajstić information content (AvgIpc) is 2.42. The quantitative estimate of drug-likeness (QED) is 0.698. The van der Waals surface area contributed by atoms with Gasteiger partial charge in [-0.2, -0.15) is 5.06 Å². The van der Waals surface area contributed by atoms with Gasteiger partial charge in [0.05, 0.1) is 0 Å². The molecule has 2 aliphatic rings. The predicted molar refractivity (Wildman–Crippen MR) is 85.8 cm³/mol. The SMILES string of the molecule is C=C(C)C(=O)N1C(C)(C)CC2(CC1(C)C)OC(C)(C)ON2C. The lowest BCUT2D eigenvalue weighted by Gasteiger charge is -2.58. The van der Waals surface area contributed by atoms with Crippen molar-refractivity contribution < 1.29 is 14.4 Å². The van der Waals surface area contributed by atoms with Gasteiger partial charge in [0.2, 0.25) is 5.91 Å². The summed E-state index contributed by atoms with van der Waals surface area (Å²) in [4.78, 5) is 20.5. The minimum absolute atomic E-state index is 0.00526. The van der Waals surface area contributed by atoms with E-state index in [1.165, 1.54) is 0 Å². The molecule has 0 N–H and O–H groups in total. The second kappa shape index (κ2) is 4.79. The highest BCUT2D eigenvalue weighted by atomic mass is 16.9. The highest BCUT2D eigenvalue weighted by Gasteiger charge is 2.61. The summed E-state index contributed by atoms with van der Waals surface area (Å²) in [6.07, 6.45) is 1.37. The lowest BCUT2D eigenvalue weighted by atomic mass is 9.74. The number of hydroxylamine groups is 2. The lowest BCUT2D eigenvalue weighted by Crippen LogP contribution is -2.69. The van der Waals surface area contributed by atoms with Crippen molar-refractivity contribution in [3.05, 3.63) is 12.2 Å². The van der Waals surface area contributed by atoms with E-state index < -0.39 is 11.5 Å². The number of hydrogen-bond donors (Lipinski definition) is 0. The summed E-state index contributed by atoms with van der Waals surface area (Å²) >= 11 is 0. The molecule has 5 heteroatoms. The fraction of sp³-hybridized carbons (Fsp3) is 0.824. The van der Waals surface area contributed by atoms with E-state index in [4.69, 9.17) is 9.57 Å². The number of likely N-dealkylation sites (tertiary alicyclic amines) is 1. The number of nitrogens with zero attached hydrogens (tertiary/aromatic N) is 2. The third-order valence-corrected chi connectivity index (χ3v) is 4.56. The van der Waals surface area contributed by atoms with E-state index in [0.717, 1.165) is 0 Å². The van der Waals surface area contributed by atoms with Gasteiger partial charge < -0.3 is 9.64 Å². The molecule has 22 heavy (non-hydrogen) atoms. The fourth-order valence-corrected chi connectivity index (χ4v) is 4.38. The molecule has 2 heterocycles. The molecule has 2 aliphatic heterocycles. The van der Waals surface area contributed by atoms with Crippen LogP contribution in [0.1, 0.15) is 61.3 Å².